The number of hydrogen-bond donors (Lipinski definition) is 3. The van der Waals surface area contributed by atoms with Gasteiger partial charge < -0.3 is 21.1 Å². The topological polar surface area (TPSA) is 127 Å². The van der Waals surface area contributed by atoms with Crippen molar-refractivity contribution >= 4 is 18.3 Å². The van der Waals surface area contributed by atoms with E-state index < -0.39 is 17.5 Å². The van der Waals surface area contributed by atoms with Crippen molar-refractivity contribution in [3.05, 3.63) is 47.3 Å². The second-order valence-electron chi connectivity index (χ2n) is 8.74. The maximum Gasteiger partial charge on any atom is 0.408 e. The van der Waals surface area contributed by atoms with Gasteiger partial charge in [0.25, 0.3) is 0 Å². The summed E-state index contributed by atoms with van der Waals surface area (Å²) < 4.78 is 20.6. The van der Waals surface area contributed by atoms with E-state index in [0.29, 0.717) is 12.1 Å². The van der Waals surface area contributed by atoms with Gasteiger partial charge in [-0.15, -0.1) is 0 Å². The van der Waals surface area contributed by atoms with E-state index >= 15 is 4.39 Å². The average Bonchev–Trinajstić information content (AvgIpc) is 2.93. The Labute approximate surface area is 192 Å². The number of aryl methyl sites for hydroxylation is 1. The van der Waals surface area contributed by atoms with E-state index in [1.807, 2.05) is 0 Å². The number of allylic oxidation sites excluding steroid dienone is 1. The van der Waals surface area contributed by atoms with Crippen LogP contribution in [0.5, 0.6) is 0 Å². The Balaban J connectivity index is 1.91. The molecule has 1 atom stereocenters. The number of aromatic nitrogens is 3. The Bertz CT molecular complexity index is 1060. The fraction of sp³-hybridized carbons (Fsp3) is 0.435. The number of fused-ring (bicyclic) bond motifs is 1. The van der Waals surface area contributed by atoms with Crippen LogP contribution in [0.2, 0.25) is 0 Å². The van der Waals surface area contributed by atoms with Crippen LogP contribution in [0.1, 0.15) is 57.2 Å². The number of aliphatic imine (C=N–C) groups is 1. The number of rotatable bonds is 5. The van der Waals surface area contributed by atoms with Gasteiger partial charge in [-0.05, 0) is 63.3 Å². The van der Waals surface area contributed by atoms with Gasteiger partial charge in [-0.25, -0.2) is 19.2 Å². The number of carbonyl (C=O) groups is 1. The normalized spacial score (nSPS) is 16.8. The SMILES string of the molecule is CN=C/C(=C\N)Nc1ncnc(-c2cc3c(cc2F)[C@H](NC(=O)OC(C)(C)C)CCCC3)n1. The predicted octanol–water partition coefficient (Wildman–Crippen LogP) is 3.88. The number of halogens is 1. The second kappa shape index (κ2) is 10.4. The van der Waals surface area contributed by atoms with Crippen LogP contribution in [0.3, 0.4) is 0 Å². The van der Waals surface area contributed by atoms with E-state index in [2.05, 4.69) is 30.6 Å². The molecule has 0 unspecified atom stereocenters. The first-order valence-electron chi connectivity index (χ1n) is 10.8. The number of alkyl carbamates (subject to hydrolysis) is 1. The van der Waals surface area contributed by atoms with E-state index in [0.717, 1.165) is 30.4 Å². The smallest absolute Gasteiger partial charge is 0.408 e. The van der Waals surface area contributed by atoms with E-state index in [4.69, 9.17) is 10.5 Å². The van der Waals surface area contributed by atoms with Crippen LogP contribution in [0.4, 0.5) is 15.1 Å². The van der Waals surface area contributed by atoms with E-state index in [1.165, 1.54) is 24.8 Å². The molecule has 1 aromatic carbocycles. The van der Waals surface area contributed by atoms with Crippen molar-refractivity contribution in [2.24, 2.45) is 10.7 Å². The number of nitrogens with two attached hydrogens (primary N) is 1. The molecular weight excluding hydrogens is 425 g/mol. The molecule has 10 heteroatoms. The number of carbonyl (C=O) groups excluding carboxylic acids is 1. The van der Waals surface area contributed by atoms with Crippen LogP contribution < -0.4 is 16.4 Å². The highest BCUT2D eigenvalue weighted by Crippen LogP contribution is 2.33. The fourth-order valence-electron chi connectivity index (χ4n) is 3.64. The van der Waals surface area contributed by atoms with Crippen molar-refractivity contribution in [1.29, 1.82) is 0 Å². The van der Waals surface area contributed by atoms with Crippen molar-refractivity contribution in [2.45, 2.75) is 58.1 Å². The van der Waals surface area contributed by atoms with Crippen LogP contribution in [0.25, 0.3) is 11.4 Å². The molecule has 0 saturated carbocycles. The Morgan fingerprint density at radius 3 is 2.79 bits per heavy atom. The third kappa shape index (κ3) is 6.47. The second-order valence-corrected chi connectivity index (χ2v) is 8.74. The molecule has 33 heavy (non-hydrogen) atoms. The monoisotopic (exact) mass is 455 g/mol. The number of nitrogens with one attached hydrogen (secondary N) is 2. The third-order valence-electron chi connectivity index (χ3n) is 5.00. The molecule has 1 amide bonds. The molecule has 0 fully saturated rings. The van der Waals surface area contributed by atoms with Crippen LogP contribution in [0, 0.1) is 5.82 Å². The lowest BCUT2D eigenvalue weighted by atomic mass is 9.96. The highest BCUT2D eigenvalue weighted by molar-refractivity contribution is 5.82. The average molecular weight is 456 g/mol. The third-order valence-corrected chi connectivity index (χ3v) is 5.00. The Hall–Kier alpha value is -3.56. The molecule has 4 N–H and O–H groups in total. The lowest BCUT2D eigenvalue weighted by molar-refractivity contribution is 0.0500. The molecule has 1 aromatic heterocycles. The fourth-order valence-corrected chi connectivity index (χ4v) is 3.64. The Kier molecular flexibility index (Phi) is 7.57. The van der Waals surface area contributed by atoms with E-state index in [-0.39, 0.29) is 23.4 Å². The zero-order valence-electron chi connectivity index (χ0n) is 19.4. The summed E-state index contributed by atoms with van der Waals surface area (Å²) in [6, 6.07) is 2.89. The highest BCUT2D eigenvalue weighted by Gasteiger charge is 2.26. The predicted molar refractivity (Wildman–Crippen MR) is 125 cm³/mol. The van der Waals surface area contributed by atoms with Gasteiger partial charge in [-0.1, -0.05) is 6.42 Å². The number of hydrogen-bond acceptors (Lipinski definition) is 8. The number of benzene rings is 1. The van der Waals surface area contributed by atoms with E-state index in [1.54, 1.807) is 33.9 Å². The Morgan fingerprint density at radius 1 is 1.30 bits per heavy atom. The van der Waals surface area contributed by atoms with Crippen LogP contribution in [0.15, 0.2) is 35.3 Å². The van der Waals surface area contributed by atoms with Gasteiger partial charge in [0.15, 0.2) is 5.82 Å². The van der Waals surface area contributed by atoms with Gasteiger partial charge in [0.05, 0.1) is 17.3 Å². The molecule has 0 spiro atoms. The minimum atomic E-state index is -0.612. The van der Waals surface area contributed by atoms with Gasteiger partial charge in [-0.3, -0.25) is 4.99 Å². The number of amides is 1. The highest BCUT2D eigenvalue weighted by atomic mass is 19.1. The molecule has 0 aliphatic heterocycles. The lowest BCUT2D eigenvalue weighted by Gasteiger charge is -2.24. The largest absolute Gasteiger partial charge is 0.444 e. The summed E-state index contributed by atoms with van der Waals surface area (Å²) in [5.74, 6) is -0.0672. The summed E-state index contributed by atoms with van der Waals surface area (Å²) in [5, 5.41) is 5.82. The number of anilines is 1. The van der Waals surface area contributed by atoms with Crippen molar-refractivity contribution in [3.63, 3.8) is 0 Å². The van der Waals surface area contributed by atoms with Crippen LogP contribution in [-0.2, 0) is 11.2 Å². The molecule has 176 valence electrons. The molecule has 1 aliphatic carbocycles. The number of nitrogens with zero attached hydrogens (tertiary/aromatic N) is 4. The molecule has 1 aliphatic rings. The summed E-state index contributed by atoms with van der Waals surface area (Å²) in [6.45, 7) is 5.41. The van der Waals surface area contributed by atoms with Crippen LogP contribution in [-0.4, -0.2) is 39.9 Å². The lowest BCUT2D eigenvalue weighted by Crippen LogP contribution is -2.35. The van der Waals surface area contributed by atoms with Crippen molar-refractivity contribution in [2.75, 3.05) is 12.4 Å². The molecule has 2 aromatic rings. The first kappa shape index (κ1) is 24.1. The summed E-state index contributed by atoms with van der Waals surface area (Å²) in [5.41, 5.74) is 7.41. The van der Waals surface area contributed by atoms with Gasteiger partial charge in [0.2, 0.25) is 5.95 Å². The molecule has 9 nitrogen and oxygen atoms in total. The maximum absolute atomic E-state index is 15.2. The molecule has 3 rings (SSSR count). The standard InChI is InChI=1S/C23H30FN7O2/c1-23(2,3)33-22(32)30-19-8-6-5-7-14-9-17(18(24)10-16(14)19)20-27-13-28-21(31-20)29-15(11-25)12-26-4/h9-13,19H,5-8,25H2,1-4H3,(H,30,32)(H,27,28,29,31)/b15-11+,26-12?/t19-/m1/s1. The van der Waals surface area contributed by atoms with Crippen molar-refractivity contribution < 1.29 is 13.9 Å². The summed E-state index contributed by atoms with van der Waals surface area (Å²) in [6.07, 6.45) is 6.93. The Morgan fingerprint density at radius 2 is 2.09 bits per heavy atom. The minimum Gasteiger partial charge on any atom is -0.444 e. The summed E-state index contributed by atoms with van der Waals surface area (Å²) in [4.78, 5) is 28.8. The molecular formula is C23H30FN7O2. The van der Waals surface area contributed by atoms with Crippen molar-refractivity contribution in [3.8, 4) is 11.4 Å². The maximum atomic E-state index is 15.2. The van der Waals surface area contributed by atoms with Gasteiger partial charge in [0.1, 0.15) is 17.7 Å². The molecule has 0 radical (unpaired) electrons. The first-order chi connectivity index (χ1) is 15.7. The number of ether oxygens (including phenoxy) is 1. The van der Waals surface area contributed by atoms with Gasteiger partial charge in [-0.2, -0.15) is 4.98 Å². The van der Waals surface area contributed by atoms with E-state index in [9.17, 15) is 4.79 Å². The van der Waals surface area contributed by atoms with Gasteiger partial charge >= 0.3 is 6.09 Å². The zero-order valence-corrected chi connectivity index (χ0v) is 19.4. The van der Waals surface area contributed by atoms with Gasteiger partial charge in [0, 0.05) is 19.5 Å². The summed E-state index contributed by atoms with van der Waals surface area (Å²) >= 11 is 0. The zero-order chi connectivity index (χ0) is 24.0. The summed E-state index contributed by atoms with van der Waals surface area (Å²) in [7, 11) is 1.61. The first-order valence-corrected chi connectivity index (χ1v) is 10.8. The van der Waals surface area contributed by atoms with Crippen molar-refractivity contribution in [1.82, 2.24) is 20.3 Å². The van der Waals surface area contributed by atoms with Crippen LogP contribution >= 0.6 is 0 Å². The quantitative estimate of drug-likeness (QED) is 0.461. The molecule has 0 bridgehead atoms. The molecule has 1 heterocycles. The molecule has 0 saturated heterocycles. The minimum absolute atomic E-state index is 0.193.